The first-order chi connectivity index (χ1) is 12.1. The second-order valence-electron chi connectivity index (χ2n) is 5.54. The van der Waals surface area contributed by atoms with Gasteiger partial charge >= 0.3 is 5.97 Å². The summed E-state index contributed by atoms with van der Waals surface area (Å²) in [6.45, 7) is 3.64. The van der Waals surface area contributed by atoms with E-state index >= 15 is 0 Å². The molecule has 0 amide bonds. The van der Waals surface area contributed by atoms with Gasteiger partial charge in [-0.1, -0.05) is 17.3 Å². The Morgan fingerprint density at radius 1 is 1.16 bits per heavy atom. The lowest BCUT2D eigenvalue weighted by molar-refractivity contribution is 0.0436. The number of nitrogens with zero attached hydrogens (tertiary/aromatic N) is 2. The molecule has 0 unspecified atom stereocenters. The highest BCUT2D eigenvalue weighted by molar-refractivity contribution is 5.90. The summed E-state index contributed by atoms with van der Waals surface area (Å²) in [6, 6.07) is 12.7. The van der Waals surface area contributed by atoms with Crippen molar-refractivity contribution < 1.29 is 18.8 Å². The van der Waals surface area contributed by atoms with Crippen LogP contribution in [0.3, 0.4) is 0 Å². The Kier molecular flexibility index (Phi) is 4.79. The molecule has 0 bridgehead atoms. The van der Waals surface area contributed by atoms with Gasteiger partial charge in [-0.2, -0.15) is 0 Å². The molecule has 0 spiro atoms. The molecule has 3 aromatic rings. The molecule has 25 heavy (non-hydrogen) atoms. The topological polar surface area (TPSA) is 74.5 Å². The zero-order valence-corrected chi connectivity index (χ0v) is 14.3. The molecule has 6 nitrogen and oxygen atoms in total. The molecule has 1 aromatic carbocycles. The first-order valence-electron chi connectivity index (χ1n) is 7.79. The van der Waals surface area contributed by atoms with Crippen molar-refractivity contribution in [2.75, 3.05) is 7.11 Å². The molecule has 0 saturated heterocycles. The van der Waals surface area contributed by atoms with Gasteiger partial charge in [0.25, 0.3) is 0 Å². The van der Waals surface area contributed by atoms with Crippen LogP contribution in [0, 0.1) is 13.8 Å². The minimum atomic E-state index is -0.444. The lowest BCUT2D eigenvalue weighted by Gasteiger charge is -2.05. The van der Waals surface area contributed by atoms with E-state index < -0.39 is 5.97 Å². The molecule has 0 saturated carbocycles. The number of esters is 1. The number of carbonyl (C=O) groups excluding carboxylic acids is 1. The molecule has 3 rings (SSSR count). The van der Waals surface area contributed by atoms with Gasteiger partial charge in [0.1, 0.15) is 11.4 Å². The molecule has 0 radical (unpaired) electrons. The van der Waals surface area contributed by atoms with Crippen molar-refractivity contribution in [2.45, 2.75) is 20.5 Å². The molecule has 2 aromatic heterocycles. The minimum absolute atomic E-state index is 0.00566. The molecule has 0 aliphatic carbocycles. The van der Waals surface area contributed by atoms with Crippen LogP contribution in [0.2, 0.25) is 0 Å². The Balaban J connectivity index is 1.70. The number of pyridine rings is 1. The number of para-hydroxylation sites is 1. The highest BCUT2D eigenvalue weighted by Gasteiger charge is 2.15. The quantitative estimate of drug-likeness (QED) is 0.660. The zero-order valence-electron chi connectivity index (χ0n) is 14.3. The number of aryl methyl sites for hydroxylation is 2. The Labute approximate surface area is 145 Å². The fraction of sp³-hybridized carbons (Fsp3) is 0.211. The third kappa shape index (κ3) is 3.68. The van der Waals surface area contributed by atoms with Crippen molar-refractivity contribution in [3.63, 3.8) is 0 Å². The first kappa shape index (κ1) is 16.7. The normalized spacial score (nSPS) is 10.5. The smallest absolute Gasteiger partial charge is 0.340 e. The van der Waals surface area contributed by atoms with Crippen LogP contribution < -0.4 is 4.74 Å². The number of methoxy groups -OCH3 is 1. The van der Waals surface area contributed by atoms with Crippen LogP contribution in [0.1, 0.15) is 27.5 Å². The highest BCUT2D eigenvalue weighted by atomic mass is 16.5. The van der Waals surface area contributed by atoms with E-state index in [0.29, 0.717) is 28.5 Å². The van der Waals surface area contributed by atoms with E-state index in [-0.39, 0.29) is 6.61 Å². The second kappa shape index (κ2) is 7.17. The van der Waals surface area contributed by atoms with Crippen molar-refractivity contribution in [1.29, 1.82) is 0 Å². The standard InChI is InChI=1S/C19H18N2O4/c1-12-8-9-15(13(2)20-12)19(22)24-11-14-10-17(21-25-14)16-6-4-5-7-18(16)23-3/h4-10H,11H2,1-3H3. The van der Waals surface area contributed by atoms with Crippen LogP contribution in [-0.4, -0.2) is 23.2 Å². The van der Waals surface area contributed by atoms with Gasteiger partial charge in [0, 0.05) is 17.3 Å². The number of hydrogen-bond donors (Lipinski definition) is 0. The summed E-state index contributed by atoms with van der Waals surface area (Å²) in [4.78, 5) is 16.4. The third-order valence-corrected chi connectivity index (χ3v) is 3.73. The largest absolute Gasteiger partial charge is 0.496 e. The summed E-state index contributed by atoms with van der Waals surface area (Å²) in [5, 5.41) is 4.02. The van der Waals surface area contributed by atoms with E-state index in [1.54, 1.807) is 32.2 Å². The van der Waals surface area contributed by atoms with Gasteiger partial charge in [-0.3, -0.25) is 4.98 Å². The average molecular weight is 338 g/mol. The van der Waals surface area contributed by atoms with Crippen molar-refractivity contribution in [3.05, 3.63) is 65.2 Å². The molecule has 6 heteroatoms. The monoisotopic (exact) mass is 338 g/mol. The number of rotatable bonds is 5. The minimum Gasteiger partial charge on any atom is -0.496 e. The van der Waals surface area contributed by atoms with Crippen molar-refractivity contribution in [1.82, 2.24) is 10.1 Å². The predicted molar refractivity (Wildman–Crippen MR) is 91.3 cm³/mol. The van der Waals surface area contributed by atoms with Crippen LogP contribution in [0.4, 0.5) is 0 Å². The van der Waals surface area contributed by atoms with Crippen molar-refractivity contribution >= 4 is 5.97 Å². The number of carbonyl (C=O) groups is 1. The van der Waals surface area contributed by atoms with Crippen LogP contribution in [0.25, 0.3) is 11.3 Å². The molecule has 0 fully saturated rings. The number of aromatic nitrogens is 2. The molecule has 128 valence electrons. The predicted octanol–water partition coefficient (Wildman–Crippen LogP) is 3.72. The molecular weight excluding hydrogens is 320 g/mol. The Hall–Kier alpha value is -3.15. The van der Waals surface area contributed by atoms with E-state index in [9.17, 15) is 4.79 Å². The molecule has 2 heterocycles. The van der Waals surface area contributed by atoms with E-state index in [4.69, 9.17) is 14.0 Å². The van der Waals surface area contributed by atoms with E-state index in [1.807, 2.05) is 31.2 Å². The molecule has 0 N–H and O–H groups in total. The molecule has 0 aliphatic rings. The summed E-state index contributed by atoms with van der Waals surface area (Å²) in [5.74, 6) is 0.702. The van der Waals surface area contributed by atoms with E-state index in [1.165, 1.54) is 0 Å². The van der Waals surface area contributed by atoms with Crippen molar-refractivity contribution in [3.8, 4) is 17.0 Å². The van der Waals surface area contributed by atoms with E-state index in [0.717, 1.165) is 11.3 Å². The van der Waals surface area contributed by atoms with Gasteiger partial charge in [-0.15, -0.1) is 0 Å². The Morgan fingerprint density at radius 2 is 1.96 bits per heavy atom. The van der Waals surface area contributed by atoms with E-state index in [2.05, 4.69) is 10.1 Å². The fourth-order valence-electron chi connectivity index (χ4n) is 2.48. The van der Waals surface area contributed by atoms with Gasteiger partial charge in [0.2, 0.25) is 0 Å². The first-order valence-corrected chi connectivity index (χ1v) is 7.79. The molecule has 0 atom stereocenters. The Morgan fingerprint density at radius 3 is 2.72 bits per heavy atom. The van der Waals surface area contributed by atoms with Crippen molar-refractivity contribution in [2.24, 2.45) is 0 Å². The SMILES string of the molecule is COc1ccccc1-c1cc(COC(=O)c2ccc(C)nc2C)on1. The fourth-order valence-corrected chi connectivity index (χ4v) is 2.48. The van der Waals surface area contributed by atoms with Crippen LogP contribution in [-0.2, 0) is 11.3 Å². The molecular formula is C19H18N2O4. The maximum absolute atomic E-state index is 12.2. The summed E-state index contributed by atoms with van der Waals surface area (Å²) in [7, 11) is 1.60. The maximum Gasteiger partial charge on any atom is 0.340 e. The van der Waals surface area contributed by atoms with Gasteiger partial charge in [0.05, 0.1) is 18.4 Å². The zero-order chi connectivity index (χ0) is 17.8. The lowest BCUT2D eigenvalue weighted by Crippen LogP contribution is -2.08. The maximum atomic E-state index is 12.2. The van der Waals surface area contributed by atoms with Gasteiger partial charge < -0.3 is 14.0 Å². The highest BCUT2D eigenvalue weighted by Crippen LogP contribution is 2.29. The lowest BCUT2D eigenvalue weighted by atomic mass is 10.1. The van der Waals surface area contributed by atoms with Crippen LogP contribution in [0.5, 0.6) is 5.75 Å². The van der Waals surface area contributed by atoms with Crippen LogP contribution in [0.15, 0.2) is 47.0 Å². The molecule has 0 aliphatic heterocycles. The summed E-state index contributed by atoms with van der Waals surface area (Å²) in [6.07, 6.45) is 0. The van der Waals surface area contributed by atoms with Gasteiger partial charge in [-0.25, -0.2) is 4.79 Å². The van der Waals surface area contributed by atoms with Crippen LogP contribution >= 0.6 is 0 Å². The number of benzene rings is 1. The average Bonchev–Trinajstić information content (AvgIpc) is 3.08. The second-order valence-corrected chi connectivity index (χ2v) is 5.54. The third-order valence-electron chi connectivity index (χ3n) is 3.73. The number of hydrogen-bond acceptors (Lipinski definition) is 6. The summed E-state index contributed by atoms with van der Waals surface area (Å²) >= 11 is 0. The summed E-state index contributed by atoms with van der Waals surface area (Å²) in [5.41, 5.74) is 3.36. The summed E-state index contributed by atoms with van der Waals surface area (Å²) < 4.78 is 15.9. The van der Waals surface area contributed by atoms with Gasteiger partial charge in [-0.05, 0) is 38.1 Å². The Bertz CT molecular complexity index is 902. The van der Waals surface area contributed by atoms with Gasteiger partial charge in [0.15, 0.2) is 12.4 Å². The number of ether oxygens (including phenoxy) is 2.